The van der Waals surface area contributed by atoms with Crippen LogP contribution in [0.1, 0.15) is 24.6 Å². The molecule has 7 heteroatoms. The number of nitrogens with one attached hydrogen (secondary N) is 1. The SMILES string of the molecule is CC1OCCC1(O)CNCc1ccnc(/C(N)=N/O)c1. The molecule has 0 saturated carbocycles. The quantitative estimate of drug-likeness (QED) is 0.257. The molecule has 1 aromatic heterocycles. The van der Waals surface area contributed by atoms with Gasteiger partial charge in [-0.3, -0.25) is 4.98 Å². The van der Waals surface area contributed by atoms with E-state index in [1.165, 1.54) is 0 Å². The highest BCUT2D eigenvalue weighted by Gasteiger charge is 2.38. The van der Waals surface area contributed by atoms with E-state index in [9.17, 15) is 5.11 Å². The smallest absolute Gasteiger partial charge is 0.188 e. The van der Waals surface area contributed by atoms with Gasteiger partial charge in [-0.25, -0.2) is 0 Å². The van der Waals surface area contributed by atoms with Gasteiger partial charge in [-0.1, -0.05) is 5.16 Å². The highest BCUT2D eigenvalue weighted by atomic mass is 16.5. The van der Waals surface area contributed by atoms with Crippen molar-refractivity contribution in [3.8, 4) is 0 Å². The number of oxime groups is 1. The zero-order chi connectivity index (χ0) is 14.6. The van der Waals surface area contributed by atoms with Crippen LogP contribution in [0.2, 0.25) is 0 Å². The molecule has 1 aliphatic rings. The minimum atomic E-state index is -0.818. The number of nitrogens with zero attached hydrogens (tertiary/aromatic N) is 2. The second kappa shape index (κ2) is 6.17. The number of nitrogens with two attached hydrogens (primary N) is 1. The van der Waals surface area contributed by atoms with Gasteiger partial charge in [0.2, 0.25) is 0 Å². The van der Waals surface area contributed by atoms with Crippen LogP contribution in [-0.4, -0.2) is 46.0 Å². The van der Waals surface area contributed by atoms with Crippen molar-refractivity contribution in [1.29, 1.82) is 0 Å². The second-order valence-electron chi connectivity index (χ2n) is 5.00. The highest BCUT2D eigenvalue weighted by Crippen LogP contribution is 2.24. The summed E-state index contributed by atoms with van der Waals surface area (Å²) in [5.41, 5.74) is 6.03. The second-order valence-corrected chi connectivity index (χ2v) is 5.00. The molecule has 0 amide bonds. The summed E-state index contributed by atoms with van der Waals surface area (Å²) in [6, 6.07) is 3.57. The third kappa shape index (κ3) is 3.24. The van der Waals surface area contributed by atoms with E-state index in [4.69, 9.17) is 15.7 Å². The van der Waals surface area contributed by atoms with Gasteiger partial charge in [0, 0.05) is 32.3 Å². The summed E-state index contributed by atoms with van der Waals surface area (Å²) in [6.07, 6.45) is 2.06. The van der Waals surface area contributed by atoms with E-state index in [1.807, 2.05) is 13.0 Å². The van der Waals surface area contributed by atoms with Gasteiger partial charge in [0.25, 0.3) is 0 Å². The molecule has 1 aromatic rings. The predicted molar refractivity (Wildman–Crippen MR) is 73.4 cm³/mol. The summed E-state index contributed by atoms with van der Waals surface area (Å²) >= 11 is 0. The summed E-state index contributed by atoms with van der Waals surface area (Å²) in [5, 5.41) is 25.1. The van der Waals surface area contributed by atoms with E-state index in [0.717, 1.165) is 5.56 Å². The molecule has 0 spiro atoms. The Bertz CT molecular complexity index is 494. The first-order chi connectivity index (χ1) is 9.55. The number of amidine groups is 1. The molecule has 0 aliphatic carbocycles. The number of pyridine rings is 1. The van der Waals surface area contributed by atoms with Crippen LogP contribution in [0.4, 0.5) is 0 Å². The van der Waals surface area contributed by atoms with Crippen LogP contribution in [-0.2, 0) is 11.3 Å². The summed E-state index contributed by atoms with van der Waals surface area (Å²) in [5.74, 6) is -0.0247. The third-order valence-corrected chi connectivity index (χ3v) is 3.61. The first-order valence-electron chi connectivity index (χ1n) is 6.53. The lowest BCUT2D eigenvalue weighted by Gasteiger charge is -2.26. The largest absolute Gasteiger partial charge is 0.409 e. The van der Waals surface area contributed by atoms with Gasteiger partial charge in [0.1, 0.15) is 11.3 Å². The van der Waals surface area contributed by atoms with Gasteiger partial charge >= 0.3 is 0 Å². The van der Waals surface area contributed by atoms with E-state index in [2.05, 4.69) is 15.5 Å². The molecule has 20 heavy (non-hydrogen) atoms. The lowest BCUT2D eigenvalue weighted by atomic mass is 9.96. The minimum absolute atomic E-state index is 0.0247. The van der Waals surface area contributed by atoms with Crippen molar-refractivity contribution >= 4 is 5.84 Å². The molecule has 1 saturated heterocycles. The monoisotopic (exact) mass is 280 g/mol. The molecule has 2 unspecified atom stereocenters. The third-order valence-electron chi connectivity index (χ3n) is 3.61. The van der Waals surface area contributed by atoms with E-state index in [1.54, 1.807) is 12.3 Å². The Morgan fingerprint density at radius 3 is 3.15 bits per heavy atom. The Morgan fingerprint density at radius 2 is 2.50 bits per heavy atom. The summed E-state index contributed by atoms with van der Waals surface area (Å²) in [7, 11) is 0. The first-order valence-corrected chi connectivity index (χ1v) is 6.53. The summed E-state index contributed by atoms with van der Waals surface area (Å²) < 4.78 is 5.38. The van der Waals surface area contributed by atoms with E-state index >= 15 is 0 Å². The fourth-order valence-corrected chi connectivity index (χ4v) is 2.20. The molecule has 5 N–H and O–H groups in total. The normalized spacial score (nSPS) is 26.9. The van der Waals surface area contributed by atoms with Gasteiger partial charge in [-0.2, -0.15) is 0 Å². The van der Waals surface area contributed by atoms with Gasteiger partial charge in [0.05, 0.1) is 6.10 Å². The average molecular weight is 280 g/mol. The van der Waals surface area contributed by atoms with Gasteiger partial charge in [-0.05, 0) is 24.6 Å². The molecule has 0 aromatic carbocycles. The molecule has 1 fully saturated rings. The van der Waals surface area contributed by atoms with Crippen LogP contribution in [0.15, 0.2) is 23.5 Å². The van der Waals surface area contributed by atoms with E-state index in [0.29, 0.717) is 31.8 Å². The Labute approximate surface area is 117 Å². The number of hydrogen-bond acceptors (Lipinski definition) is 6. The summed E-state index contributed by atoms with van der Waals surface area (Å²) in [4.78, 5) is 4.01. The lowest BCUT2D eigenvalue weighted by molar-refractivity contribution is -0.0262. The Morgan fingerprint density at radius 1 is 1.70 bits per heavy atom. The Balaban J connectivity index is 1.91. The van der Waals surface area contributed by atoms with Crippen LogP contribution in [0.5, 0.6) is 0 Å². The maximum absolute atomic E-state index is 10.3. The maximum Gasteiger partial charge on any atom is 0.188 e. The Kier molecular flexibility index (Phi) is 4.53. The number of aromatic nitrogens is 1. The molecule has 2 heterocycles. The molecule has 1 aliphatic heterocycles. The lowest BCUT2D eigenvalue weighted by Crippen LogP contribution is -2.45. The zero-order valence-corrected chi connectivity index (χ0v) is 11.4. The fraction of sp³-hybridized carbons (Fsp3) is 0.538. The van der Waals surface area contributed by atoms with E-state index < -0.39 is 5.60 Å². The van der Waals surface area contributed by atoms with Crippen molar-refractivity contribution in [2.24, 2.45) is 10.9 Å². The summed E-state index contributed by atoms with van der Waals surface area (Å²) in [6.45, 7) is 3.47. The van der Waals surface area contributed by atoms with Crippen molar-refractivity contribution in [3.63, 3.8) is 0 Å². The first kappa shape index (κ1) is 14.7. The number of rotatable bonds is 5. The molecular weight excluding hydrogens is 260 g/mol. The van der Waals surface area contributed by atoms with Crippen molar-refractivity contribution in [2.75, 3.05) is 13.2 Å². The van der Waals surface area contributed by atoms with Crippen LogP contribution in [0.3, 0.4) is 0 Å². The van der Waals surface area contributed by atoms with Crippen LogP contribution < -0.4 is 11.1 Å². The molecule has 2 rings (SSSR count). The van der Waals surface area contributed by atoms with E-state index in [-0.39, 0.29) is 11.9 Å². The van der Waals surface area contributed by atoms with Crippen molar-refractivity contribution < 1.29 is 15.1 Å². The van der Waals surface area contributed by atoms with Crippen LogP contribution >= 0.6 is 0 Å². The van der Waals surface area contributed by atoms with Gasteiger partial charge in [-0.15, -0.1) is 0 Å². The molecule has 7 nitrogen and oxygen atoms in total. The minimum Gasteiger partial charge on any atom is -0.409 e. The molecule has 110 valence electrons. The number of aliphatic hydroxyl groups is 1. The molecule has 0 radical (unpaired) electrons. The number of hydrogen-bond donors (Lipinski definition) is 4. The zero-order valence-electron chi connectivity index (χ0n) is 11.4. The predicted octanol–water partition coefficient (Wildman–Crippen LogP) is -0.194. The maximum atomic E-state index is 10.3. The van der Waals surface area contributed by atoms with Crippen LogP contribution in [0.25, 0.3) is 0 Å². The van der Waals surface area contributed by atoms with Gasteiger partial charge in [0.15, 0.2) is 5.84 Å². The fourth-order valence-electron chi connectivity index (χ4n) is 2.20. The average Bonchev–Trinajstić information content (AvgIpc) is 2.78. The highest BCUT2D eigenvalue weighted by molar-refractivity contribution is 5.95. The molecule has 2 atom stereocenters. The standard InChI is InChI=1S/C13H20N4O3/c1-9-13(18,3-5-20-9)8-15-7-10-2-4-16-11(6-10)12(14)17-19/h2,4,6,9,15,18-19H,3,5,7-8H2,1H3,(H2,14,17). The van der Waals surface area contributed by atoms with Gasteiger partial charge < -0.3 is 26.1 Å². The van der Waals surface area contributed by atoms with Crippen molar-refractivity contribution in [2.45, 2.75) is 31.6 Å². The molecule has 0 bridgehead atoms. The Hall–Kier alpha value is -1.70. The molecular formula is C13H20N4O3. The number of ether oxygens (including phenoxy) is 1. The topological polar surface area (TPSA) is 113 Å². The van der Waals surface area contributed by atoms with Crippen molar-refractivity contribution in [3.05, 3.63) is 29.6 Å². The van der Waals surface area contributed by atoms with Crippen LogP contribution in [0, 0.1) is 0 Å². The van der Waals surface area contributed by atoms with Crippen molar-refractivity contribution in [1.82, 2.24) is 10.3 Å².